The highest BCUT2D eigenvalue weighted by Crippen LogP contribution is 2.33. The predicted molar refractivity (Wildman–Crippen MR) is 66.7 cm³/mol. The van der Waals surface area contributed by atoms with E-state index >= 15 is 0 Å². The van der Waals surface area contributed by atoms with Gasteiger partial charge in [-0.2, -0.15) is 0 Å². The summed E-state index contributed by atoms with van der Waals surface area (Å²) in [6.07, 6.45) is 1.18. The zero-order valence-electron chi connectivity index (χ0n) is 9.31. The Kier molecular flexibility index (Phi) is 3.60. The predicted octanol–water partition coefficient (Wildman–Crippen LogP) is 1.43. The monoisotopic (exact) mass is 276 g/mol. The molecule has 0 radical (unpaired) electrons. The quantitative estimate of drug-likeness (QED) is 0.847. The van der Waals surface area contributed by atoms with Crippen molar-refractivity contribution in [3.8, 4) is 0 Å². The first-order valence-electron chi connectivity index (χ1n) is 5.07. The number of rotatable bonds is 3. The van der Waals surface area contributed by atoms with Crippen LogP contribution in [0.2, 0.25) is 0 Å². The number of nitrogens with zero attached hydrogens (tertiary/aromatic N) is 1. The molecule has 0 atom stereocenters. The first-order chi connectivity index (χ1) is 8.02. The molecule has 0 spiro atoms. The Morgan fingerprint density at radius 2 is 2.29 bits per heavy atom. The van der Waals surface area contributed by atoms with E-state index in [0.29, 0.717) is 13.2 Å². The van der Waals surface area contributed by atoms with Crippen LogP contribution in [-0.4, -0.2) is 34.6 Å². The van der Waals surface area contributed by atoms with Crippen molar-refractivity contribution >= 4 is 27.5 Å². The van der Waals surface area contributed by atoms with Gasteiger partial charge in [-0.25, -0.2) is 17.5 Å². The molecule has 0 fully saturated rings. The van der Waals surface area contributed by atoms with E-state index in [9.17, 15) is 12.8 Å². The SMILES string of the molecule is CS(=O)(=O)c1ccc2c(c1)SNCN2CCF. The Labute approximate surface area is 104 Å². The average Bonchev–Trinajstić information content (AvgIpc) is 2.28. The van der Waals surface area contributed by atoms with Gasteiger partial charge in [0, 0.05) is 17.7 Å². The van der Waals surface area contributed by atoms with E-state index in [0.717, 1.165) is 10.6 Å². The van der Waals surface area contributed by atoms with E-state index in [1.54, 1.807) is 18.2 Å². The third-order valence-electron chi connectivity index (χ3n) is 2.49. The number of benzene rings is 1. The van der Waals surface area contributed by atoms with Crippen LogP contribution in [0, 0.1) is 0 Å². The highest BCUT2D eigenvalue weighted by molar-refractivity contribution is 7.97. The Morgan fingerprint density at radius 3 is 2.94 bits per heavy atom. The maximum absolute atomic E-state index is 12.4. The average molecular weight is 276 g/mol. The van der Waals surface area contributed by atoms with Gasteiger partial charge in [0.2, 0.25) is 0 Å². The van der Waals surface area contributed by atoms with Crippen LogP contribution >= 0.6 is 11.9 Å². The lowest BCUT2D eigenvalue weighted by Gasteiger charge is -2.30. The number of hydrogen-bond acceptors (Lipinski definition) is 5. The normalized spacial score (nSPS) is 15.8. The Hall–Kier alpha value is -0.790. The van der Waals surface area contributed by atoms with Crippen LogP contribution in [0.15, 0.2) is 28.0 Å². The lowest BCUT2D eigenvalue weighted by Crippen LogP contribution is -2.36. The summed E-state index contributed by atoms with van der Waals surface area (Å²) in [6, 6.07) is 4.91. The lowest BCUT2D eigenvalue weighted by molar-refractivity contribution is 0.488. The number of fused-ring (bicyclic) bond motifs is 1. The number of nitrogens with one attached hydrogen (secondary N) is 1. The van der Waals surface area contributed by atoms with Crippen molar-refractivity contribution in [1.29, 1.82) is 0 Å². The first kappa shape index (κ1) is 12.7. The summed E-state index contributed by atoms with van der Waals surface area (Å²) in [5.41, 5.74) is 0.874. The highest BCUT2D eigenvalue weighted by Gasteiger charge is 2.19. The molecule has 1 aromatic rings. The molecule has 0 bridgehead atoms. The van der Waals surface area contributed by atoms with Gasteiger partial charge in [-0.15, -0.1) is 0 Å². The minimum Gasteiger partial charge on any atom is -0.354 e. The fourth-order valence-electron chi connectivity index (χ4n) is 1.64. The fourth-order valence-corrected chi connectivity index (χ4v) is 3.23. The van der Waals surface area contributed by atoms with E-state index in [-0.39, 0.29) is 4.90 Å². The summed E-state index contributed by atoms with van der Waals surface area (Å²) in [5, 5.41) is 0. The van der Waals surface area contributed by atoms with Gasteiger partial charge >= 0.3 is 0 Å². The van der Waals surface area contributed by atoms with Crippen LogP contribution in [0.25, 0.3) is 0 Å². The molecule has 2 rings (SSSR count). The van der Waals surface area contributed by atoms with Gasteiger partial charge in [0.05, 0.1) is 17.3 Å². The van der Waals surface area contributed by atoms with E-state index in [1.165, 1.54) is 18.2 Å². The van der Waals surface area contributed by atoms with Gasteiger partial charge in [0.25, 0.3) is 0 Å². The molecule has 1 N–H and O–H groups in total. The van der Waals surface area contributed by atoms with Crippen molar-refractivity contribution in [3.63, 3.8) is 0 Å². The second-order valence-corrected chi connectivity index (χ2v) is 6.71. The van der Waals surface area contributed by atoms with Crippen molar-refractivity contribution in [2.24, 2.45) is 0 Å². The summed E-state index contributed by atoms with van der Waals surface area (Å²) < 4.78 is 38.2. The fraction of sp³-hybridized carbons (Fsp3) is 0.400. The van der Waals surface area contributed by atoms with Crippen LogP contribution in [0.4, 0.5) is 10.1 Å². The van der Waals surface area contributed by atoms with E-state index in [1.807, 2.05) is 4.90 Å². The third kappa shape index (κ3) is 2.72. The number of sulfone groups is 1. The first-order valence-corrected chi connectivity index (χ1v) is 7.78. The Bertz CT molecular complexity index is 519. The summed E-state index contributed by atoms with van der Waals surface area (Å²) in [5.74, 6) is 0. The molecular weight excluding hydrogens is 263 g/mol. The van der Waals surface area contributed by atoms with Gasteiger partial charge < -0.3 is 4.90 Å². The molecule has 1 aliphatic heterocycles. The molecule has 0 unspecified atom stereocenters. The molecule has 0 saturated carbocycles. The minimum atomic E-state index is -3.20. The second kappa shape index (κ2) is 4.83. The van der Waals surface area contributed by atoms with E-state index in [4.69, 9.17) is 0 Å². The number of hydrogen-bond donors (Lipinski definition) is 1. The van der Waals surface area contributed by atoms with Crippen molar-refractivity contribution in [1.82, 2.24) is 4.72 Å². The summed E-state index contributed by atoms with van der Waals surface area (Å²) >= 11 is 1.37. The third-order valence-corrected chi connectivity index (χ3v) is 4.42. The van der Waals surface area contributed by atoms with Crippen molar-refractivity contribution in [3.05, 3.63) is 18.2 Å². The number of halogens is 1. The molecule has 0 aliphatic carbocycles. The summed E-state index contributed by atoms with van der Waals surface area (Å²) in [7, 11) is -3.20. The molecule has 94 valence electrons. The Balaban J connectivity index is 2.40. The topological polar surface area (TPSA) is 49.4 Å². The molecule has 0 amide bonds. The van der Waals surface area contributed by atoms with E-state index < -0.39 is 16.5 Å². The molecule has 1 heterocycles. The molecule has 0 aromatic heterocycles. The lowest BCUT2D eigenvalue weighted by atomic mass is 10.3. The van der Waals surface area contributed by atoms with Gasteiger partial charge in [-0.05, 0) is 30.1 Å². The van der Waals surface area contributed by atoms with Crippen molar-refractivity contribution in [2.45, 2.75) is 9.79 Å². The molecular formula is C10H13FN2O2S2. The van der Waals surface area contributed by atoms with Gasteiger partial charge in [0.1, 0.15) is 6.67 Å². The van der Waals surface area contributed by atoms with Crippen molar-refractivity contribution < 1.29 is 12.8 Å². The zero-order chi connectivity index (χ0) is 12.5. The van der Waals surface area contributed by atoms with E-state index in [2.05, 4.69) is 4.72 Å². The van der Waals surface area contributed by atoms with Gasteiger partial charge in [-0.1, -0.05) is 0 Å². The second-order valence-electron chi connectivity index (χ2n) is 3.76. The van der Waals surface area contributed by atoms with Crippen LogP contribution in [0.1, 0.15) is 0 Å². The molecule has 0 saturated heterocycles. The molecule has 1 aliphatic rings. The smallest absolute Gasteiger partial charge is 0.175 e. The van der Waals surface area contributed by atoms with Crippen molar-refractivity contribution in [2.75, 3.05) is 31.0 Å². The standard InChI is InChI=1S/C10H13FN2O2S2/c1-17(14,15)8-2-3-9-10(6-8)16-12-7-13(9)5-4-11/h2-3,6,12H,4-5,7H2,1H3. The summed E-state index contributed by atoms with van der Waals surface area (Å²) in [6.45, 7) is 0.429. The van der Waals surface area contributed by atoms with Crippen LogP contribution in [-0.2, 0) is 9.84 Å². The molecule has 4 nitrogen and oxygen atoms in total. The van der Waals surface area contributed by atoms with Crippen LogP contribution in [0.5, 0.6) is 0 Å². The minimum absolute atomic E-state index is 0.285. The molecule has 1 aromatic carbocycles. The van der Waals surface area contributed by atoms with Crippen LogP contribution in [0.3, 0.4) is 0 Å². The van der Waals surface area contributed by atoms with Gasteiger partial charge in [-0.3, -0.25) is 0 Å². The van der Waals surface area contributed by atoms with Crippen LogP contribution < -0.4 is 9.62 Å². The largest absolute Gasteiger partial charge is 0.354 e. The number of anilines is 1. The highest BCUT2D eigenvalue weighted by atomic mass is 32.2. The molecule has 7 heteroatoms. The maximum Gasteiger partial charge on any atom is 0.175 e. The molecule has 17 heavy (non-hydrogen) atoms. The number of alkyl halides is 1. The Morgan fingerprint density at radius 1 is 1.53 bits per heavy atom. The van der Waals surface area contributed by atoms with Gasteiger partial charge in [0.15, 0.2) is 9.84 Å². The maximum atomic E-state index is 12.4. The summed E-state index contributed by atoms with van der Waals surface area (Å²) in [4.78, 5) is 2.94. The zero-order valence-corrected chi connectivity index (χ0v) is 10.9.